The first-order valence-electron chi connectivity index (χ1n) is 17.4. The summed E-state index contributed by atoms with van der Waals surface area (Å²) in [7, 11) is 0. The molecule has 0 atom stereocenters. The van der Waals surface area contributed by atoms with Crippen molar-refractivity contribution < 1.29 is 0 Å². The molecule has 4 nitrogen and oxygen atoms in total. The molecule has 0 N–H and O–H groups in total. The van der Waals surface area contributed by atoms with Gasteiger partial charge in [0.05, 0.1) is 56.4 Å². The fourth-order valence-electron chi connectivity index (χ4n) is 8.50. The maximum atomic E-state index is 4.62. The average molecular weight is 651 g/mol. The van der Waals surface area contributed by atoms with Crippen LogP contribution in [0.3, 0.4) is 0 Å². The highest BCUT2D eigenvalue weighted by Gasteiger charge is 2.24. The van der Waals surface area contributed by atoms with Crippen LogP contribution in [0.25, 0.3) is 93.6 Å². The molecule has 4 aromatic heterocycles. The van der Waals surface area contributed by atoms with E-state index in [2.05, 4.69) is 189 Å². The highest BCUT2D eigenvalue weighted by Crippen LogP contribution is 2.44. The Labute approximate surface area is 293 Å². The Morgan fingerprint density at radius 3 is 1.12 bits per heavy atom. The Bertz CT molecular complexity index is 2860. The van der Waals surface area contributed by atoms with Crippen molar-refractivity contribution in [3.05, 3.63) is 182 Å². The number of aromatic nitrogens is 4. The van der Waals surface area contributed by atoms with Crippen LogP contribution >= 0.6 is 0 Å². The molecule has 7 aromatic carbocycles. The molecule has 0 amide bonds. The third kappa shape index (κ3) is 3.93. The van der Waals surface area contributed by atoms with Gasteiger partial charge in [0, 0.05) is 49.6 Å². The lowest BCUT2D eigenvalue weighted by Gasteiger charge is -2.22. The number of benzene rings is 7. The molecule has 0 saturated carbocycles. The van der Waals surface area contributed by atoms with Gasteiger partial charge in [-0.1, -0.05) is 115 Å². The van der Waals surface area contributed by atoms with Crippen molar-refractivity contribution >= 4 is 65.4 Å². The van der Waals surface area contributed by atoms with E-state index < -0.39 is 0 Å². The fourth-order valence-corrected chi connectivity index (χ4v) is 8.50. The van der Waals surface area contributed by atoms with E-state index in [4.69, 9.17) is 0 Å². The molecule has 51 heavy (non-hydrogen) atoms. The van der Waals surface area contributed by atoms with E-state index in [1.54, 1.807) is 0 Å². The summed E-state index contributed by atoms with van der Waals surface area (Å²) in [5.41, 5.74) is 12.6. The van der Waals surface area contributed by atoms with Gasteiger partial charge >= 0.3 is 0 Å². The van der Waals surface area contributed by atoms with Crippen LogP contribution in [0, 0.1) is 0 Å². The summed E-state index contributed by atoms with van der Waals surface area (Å²) in [5.74, 6) is 0. The topological polar surface area (TPSA) is 27.7 Å². The van der Waals surface area contributed by atoms with Crippen molar-refractivity contribution in [1.82, 2.24) is 18.7 Å². The lowest BCUT2D eigenvalue weighted by atomic mass is 9.98. The largest absolute Gasteiger partial charge is 0.309 e. The molecule has 11 rings (SSSR count). The normalized spacial score (nSPS) is 11.9. The number of nitrogens with zero attached hydrogens (tertiary/aromatic N) is 4. The molecule has 0 spiro atoms. The Morgan fingerprint density at radius 2 is 0.647 bits per heavy atom. The van der Waals surface area contributed by atoms with E-state index in [0.29, 0.717) is 0 Å². The van der Waals surface area contributed by atoms with E-state index in [1.807, 2.05) is 12.4 Å². The van der Waals surface area contributed by atoms with Crippen molar-refractivity contribution in [3.63, 3.8) is 0 Å². The average Bonchev–Trinajstić information content (AvgIpc) is 3.84. The molecule has 0 radical (unpaired) electrons. The van der Waals surface area contributed by atoms with Gasteiger partial charge in [0.25, 0.3) is 0 Å². The smallest absolute Gasteiger partial charge is 0.0724 e. The molecule has 0 aliphatic carbocycles. The van der Waals surface area contributed by atoms with Crippen LogP contribution in [0.5, 0.6) is 0 Å². The second-order valence-electron chi connectivity index (χ2n) is 13.2. The molecule has 0 saturated heterocycles. The van der Waals surface area contributed by atoms with Gasteiger partial charge in [-0.25, -0.2) is 0 Å². The summed E-state index contributed by atoms with van der Waals surface area (Å²) in [4.78, 5) is 4.62. The molecule has 0 unspecified atom stereocenters. The molecular weight excluding hydrogens is 621 g/mol. The summed E-state index contributed by atoms with van der Waals surface area (Å²) in [6.45, 7) is 0. The summed E-state index contributed by atoms with van der Waals surface area (Å²) in [5, 5.41) is 7.36. The Hall–Kier alpha value is -6.91. The van der Waals surface area contributed by atoms with Crippen molar-refractivity contribution in [3.8, 4) is 28.2 Å². The minimum Gasteiger partial charge on any atom is -0.309 e. The fraction of sp³-hybridized carbons (Fsp3) is 0. The predicted octanol–water partition coefficient (Wildman–Crippen LogP) is 12.0. The van der Waals surface area contributed by atoms with Crippen molar-refractivity contribution in [1.29, 1.82) is 0 Å². The lowest BCUT2D eigenvalue weighted by Crippen LogP contribution is -2.06. The summed E-state index contributed by atoms with van der Waals surface area (Å²) >= 11 is 0. The molecule has 11 aromatic rings. The van der Waals surface area contributed by atoms with E-state index in [0.717, 1.165) is 39.2 Å². The van der Waals surface area contributed by atoms with Crippen LogP contribution in [-0.2, 0) is 0 Å². The van der Waals surface area contributed by atoms with Crippen LogP contribution in [-0.4, -0.2) is 18.7 Å². The van der Waals surface area contributed by atoms with Gasteiger partial charge in [-0.05, 0) is 54.6 Å². The van der Waals surface area contributed by atoms with E-state index in [-0.39, 0.29) is 0 Å². The summed E-state index contributed by atoms with van der Waals surface area (Å²) in [6.07, 6.45) is 3.89. The number of fused-ring (bicyclic) bond motifs is 9. The first-order chi connectivity index (χ1) is 25.4. The van der Waals surface area contributed by atoms with Crippen molar-refractivity contribution in [2.75, 3.05) is 0 Å². The Kier molecular flexibility index (Phi) is 5.92. The zero-order valence-corrected chi connectivity index (χ0v) is 27.6. The van der Waals surface area contributed by atoms with Gasteiger partial charge in [0.1, 0.15) is 0 Å². The molecule has 0 bridgehead atoms. The molecule has 0 fully saturated rings. The van der Waals surface area contributed by atoms with E-state index in [9.17, 15) is 0 Å². The van der Waals surface area contributed by atoms with E-state index in [1.165, 1.54) is 54.4 Å². The van der Waals surface area contributed by atoms with Crippen LogP contribution in [0.4, 0.5) is 0 Å². The zero-order valence-electron chi connectivity index (χ0n) is 27.6. The minimum atomic E-state index is 1.08. The number of rotatable bonds is 4. The Balaban J connectivity index is 1.34. The first-order valence-corrected chi connectivity index (χ1v) is 17.4. The van der Waals surface area contributed by atoms with E-state index >= 15 is 0 Å². The maximum absolute atomic E-state index is 4.62. The molecule has 4 heteroatoms. The number of para-hydroxylation sites is 6. The lowest BCUT2D eigenvalue weighted by molar-refractivity contribution is 1.12. The SMILES string of the molecule is c1ccc(-n2c3ccccc3c3ccncc32)c(-c2c(-n3c4ccccc4c4ccccc43)cccc2-n2c3ccccc3c3ccccc32)c1. The predicted molar refractivity (Wildman–Crippen MR) is 213 cm³/mol. The highest BCUT2D eigenvalue weighted by molar-refractivity contribution is 6.13. The molecular formula is C47H30N4. The number of hydrogen-bond donors (Lipinski definition) is 0. The number of pyridine rings is 1. The van der Waals surface area contributed by atoms with Gasteiger partial charge in [-0.3, -0.25) is 4.98 Å². The quantitative estimate of drug-likeness (QED) is 0.186. The van der Waals surface area contributed by atoms with Gasteiger partial charge in [-0.2, -0.15) is 0 Å². The third-order valence-corrected chi connectivity index (χ3v) is 10.6. The molecule has 4 heterocycles. The Morgan fingerprint density at radius 1 is 0.294 bits per heavy atom. The second-order valence-corrected chi connectivity index (χ2v) is 13.2. The molecule has 0 aliphatic rings. The third-order valence-electron chi connectivity index (χ3n) is 10.6. The van der Waals surface area contributed by atoms with Crippen LogP contribution in [0.15, 0.2) is 182 Å². The van der Waals surface area contributed by atoms with Gasteiger partial charge in [0.2, 0.25) is 0 Å². The summed E-state index contributed by atoms with van der Waals surface area (Å²) < 4.78 is 7.31. The van der Waals surface area contributed by atoms with Crippen LogP contribution in [0.2, 0.25) is 0 Å². The maximum Gasteiger partial charge on any atom is 0.0724 e. The minimum absolute atomic E-state index is 1.08. The van der Waals surface area contributed by atoms with Crippen molar-refractivity contribution in [2.45, 2.75) is 0 Å². The van der Waals surface area contributed by atoms with Crippen LogP contribution in [0.1, 0.15) is 0 Å². The van der Waals surface area contributed by atoms with Gasteiger partial charge in [0.15, 0.2) is 0 Å². The monoisotopic (exact) mass is 650 g/mol. The van der Waals surface area contributed by atoms with Crippen LogP contribution < -0.4 is 0 Å². The van der Waals surface area contributed by atoms with Gasteiger partial charge < -0.3 is 13.7 Å². The van der Waals surface area contributed by atoms with Crippen molar-refractivity contribution in [2.24, 2.45) is 0 Å². The molecule has 238 valence electrons. The van der Waals surface area contributed by atoms with Gasteiger partial charge in [-0.15, -0.1) is 0 Å². The second kappa shape index (κ2) is 10.8. The zero-order chi connectivity index (χ0) is 33.5. The highest BCUT2D eigenvalue weighted by atomic mass is 15.0. The molecule has 0 aliphatic heterocycles. The first kappa shape index (κ1) is 28.0. The standard InChI is InChI=1S/C47H30N4/c1-7-20-38-31(14-1)32-15-2-8-21-39(32)49(38)44-26-13-27-45(50-40-22-9-3-16-33(40)34-17-4-10-23-41(34)50)47(44)37-19-6-12-25-43(37)51-42-24-11-5-18-35(42)36-28-29-48-30-46(36)51/h1-30H. The number of hydrogen-bond acceptors (Lipinski definition) is 1. The summed E-state index contributed by atoms with van der Waals surface area (Å²) in [6, 6.07) is 61.6.